The number of hydrogen-bond acceptors (Lipinski definition) is 4. The number of pyridine rings is 1. The van der Waals surface area contributed by atoms with Gasteiger partial charge in [0.1, 0.15) is 0 Å². The molecule has 5 heteroatoms. The molecule has 0 aromatic carbocycles. The quantitative estimate of drug-likeness (QED) is 0.590. The average molecular weight is 252 g/mol. The molecule has 0 atom stereocenters. The van der Waals surface area contributed by atoms with Crippen molar-refractivity contribution < 1.29 is 9.53 Å². The van der Waals surface area contributed by atoms with Gasteiger partial charge in [-0.1, -0.05) is 6.42 Å². The number of hydrogen-bond donors (Lipinski definition) is 1. The van der Waals surface area contributed by atoms with Gasteiger partial charge in [0.25, 0.3) is 5.56 Å². The van der Waals surface area contributed by atoms with Gasteiger partial charge < -0.3 is 15.0 Å². The lowest BCUT2D eigenvalue weighted by atomic mass is 10.2. The third-order valence-corrected chi connectivity index (χ3v) is 2.63. The molecule has 5 nitrogen and oxygen atoms in total. The van der Waals surface area contributed by atoms with Gasteiger partial charge in [-0.25, -0.2) is 0 Å². The molecule has 0 bridgehead atoms. The zero-order valence-corrected chi connectivity index (χ0v) is 10.7. The van der Waals surface area contributed by atoms with E-state index in [4.69, 9.17) is 10.5 Å². The van der Waals surface area contributed by atoms with Crippen LogP contribution in [0.3, 0.4) is 0 Å². The second-order valence-electron chi connectivity index (χ2n) is 4.08. The van der Waals surface area contributed by atoms with Crippen molar-refractivity contribution in [2.75, 3.05) is 12.3 Å². The number of nitrogens with zero attached hydrogens (tertiary/aromatic N) is 1. The number of nitrogens with two attached hydrogens (primary N) is 1. The molecule has 100 valence electrons. The Hall–Kier alpha value is -1.78. The Morgan fingerprint density at radius 1 is 1.39 bits per heavy atom. The first-order valence-electron chi connectivity index (χ1n) is 6.25. The summed E-state index contributed by atoms with van der Waals surface area (Å²) in [5, 5.41) is 0. The molecule has 1 aromatic rings. The molecule has 1 rings (SSSR count). The van der Waals surface area contributed by atoms with Crippen LogP contribution >= 0.6 is 0 Å². The van der Waals surface area contributed by atoms with Crippen LogP contribution in [0.15, 0.2) is 23.1 Å². The standard InChI is InChI=1S/C13H20N2O3/c1-2-18-12(16)8-4-3-5-9-15-10-6-7-11(14)13(15)17/h6-7,10H,2-5,8-9,14H2,1H3. The fraction of sp³-hybridized carbons (Fsp3) is 0.538. The van der Waals surface area contributed by atoms with Crippen LogP contribution in [0, 0.1) is 0 Å². The van der Waals surface area contributed by atoms with Crippen molar-refractivity contribution >= 4 is 11.7 Å². The third kappa shape index (κ3) is 4.61. The number of carbonyl (C=O) groups excluding carboxylic acids is 1. The van der Waals surface area contributed by atoms with Gasteiger partial charge in [0.15, 0.2) is 0 Å². The van der Waals surface area contributed by atoms with Crippen molar-refractivity contribution in [3.05, 3.63) is 28.7 Å². The Balaban J connectivity index is 2.24. The van der Waals surface area contributed by atoms with Gasteiger partial charge in [-0.05, 0) is 31.9 Å². The smallest absolute Gasteiger partial charge is 0.305 e. The maximum atomic E-state index is 11.6. The zero-order valence-electron chi connectivity index (χ0n) is 10.7. The van der Waals surface area contributed by atoms with Crippen LogP contribution in [0.1, 0.15) is 32.6 Å². The highest BCUT2D eigenvalue weighted by atomic mass is 16.5. The first-order chi connectivity index (χ1) is 8.65. The molecule has 1 aromatic heterocycles. The number of esters is 1. The van der Waals surface area contributed by atoms with Gasteiger partial charge in [0.2, 0.25) is 0 Å². The van der Waals surface area contributed by atoms with Crippen LogP contribution in [-0.4, -0.2) is 17.1 Å². The Morgan fingerprint density at radius 2 is 2.17 bits per heavy atom. The SMILES string of the molecule is CCOC(=O)CCCCCn1cccc(N)c1=O. The molecule has 0 amide bonds. The van der Waals surface area contributed by atoms with E-state index in [1.165, 1.54) is 0 Å². The first kappa shape index (κ1) is 14.3. The van der Waals surface area contributed by atoms with Crippen molar-refractivity contribution in [2.24, 2.45) is 0 Å². The number of aromatic nitrogens is 1. The molecule has 0 radical (unpaired) electrons. The molecule has 0 saturated carbocycles. The van der Waals surface area contributed by atoms with Crippen molar-refractivity contribution in [3.63, 3.8) is 0 Å². The summed E-state index contributed by atoms with van der Waals surface area (Å²) < 4.78 is 6.43. The second kappa shape index (κ2) is 7.53. The summed E-state index contributed by atoms with van der Waals surface area (Å²) in [4.78, 5) is 22.7. The molecule has 0 saturated heterocycles. The highest BCUT2D eigenvalue weighted by Crippen LogP contribution is 2.03. The number of carbonyl (C=O) groups is 1. The zero-order chi connectivity index (χ0) is 13.4. The van der Waals surface area contributed by atoms with Gasteiger partial charge >= 0.3 is 5.97 Å². The van der Waals surface area contributed by atoms with Gasteiger partial charge in [-0.2, -0.15) is 0 Å². The van der Waals surface area contributed by atoms with Crippen LogP contribution in [0.4, 0.5) is 5.69 Å². The van der Waals surface area contributed by atoms with E-state index < -0.39 is 0 Å². The van der Waals surface area contributed by atoms with Crippen LogP contribution in [0.2, 0.25) is 0 Å². The monoisotopic (exact) mass is 252 g/mol. The van der Waals surface area contributed by atoms with Gasteiger partial charge in [0.05, 0.1) is 12.3 Å². The van der Waals surface area contributed by atoms with Crippen LogP contribution < -0.4 is 11.3 Å². The number of anilines is 1. The summed E-state index contributed by atoms with van der Waals surface area (Å²) >= 11 is 0. The Morgan fingerprint density at radius 3 is 2.89 bits per heavy atom. The van der Waals surface area contributed by atoms with E-state index in [9.17, 15) is 9.59 Å². The summed E-state index contributed by atoms with van der Waals surface area (Å²) in [5.74, 6) is -0.154. The fourth-order valence-electron chi connectivity index (χ4n) is 1.69. The normalized spacial score (nSPS) is 10.3. The van der Waals surface area contributed by atoms with E-state index in [-0.39, 0.29) is 17.2 Å². The largest absolute Gasteiger partial charge is 0.466 e. The van der Waals surface area contributed by atoms with Gasteiger partial charge in [0, 0.05) is 19.2 Å². The van der Waals surface area contributed by atoms with Crippen molar-refractivity contribution in [3.8, 4) is 0 Å². The van der Waals surface area contributed by atoms with E-state index in [0.29, 0.717) is 19.6 Å². The molecule has 1 heterocycles. The highest BCUT2D eigenvalue weighted by molar-refractivity contribution is 5.69. The Labute approximate surface area is 107 Å². The van der Waals surface area contributed by atoms with Crippen LogP contribution in [0.5, 0.6) is 0 Å². The summed E-state index contributed by atoms with van der Waals surface area (Å²) in [7, 11) is 0. The predicted molar refractivity (Wildman–Crippen MR) is 70.2 cm³/mol. The van der Waals surface area contributed by atoms with Crippen molar-refractivity contribution in [1.82, 2.24) is 4.57 Å². The third-order valence-electron chi connectivity index (χ3n) is 2.63. The first-order valence-corrected chi connectivity index (χ1v) is 6.25. The van der Waals surface area contributed by atoms with Crippen molar-refractivity contribution in [1.29, 1.82) is 0 Å². The maximum absolute atomic E-state index is 11.6. The number of unbranched alkanes of at least 4 members (excludes halogenated alkanes) is 2. The molecule has 0 spiro atoms. The summed E-state index contributed by atoms with van der Waals surface area (Å²) in [6, 6.07) is 3.36. The van der Waals surface area contributed by atoms with Gasteiger partial charge in [-0.3, -0.25) is 9.59 Å². The minimum atomic E-state index is -0.154. The summed E-state index contributed by atoms with van der Waals surface area (Å²) in [5.41, 5.74) is 5.65. The Bertz CT molecular complexity index is 440. The van der Waals surface area contributed by atoms with E-state index in [1.54, 1.807) is 29.8 Å². The van der Waals surface area contributed by atoms with E-state index in [1.807, 2.05) is 0 Å². The van der Waals surface area contributed by atoms with E-state index in [2.05, 4.69) is 0 Å². The molecule has 0 aliphatic rings. The molecule has 0 aliphatic heterocycles. The van der Waals surface area contributed by atoms with E-state index >= 15 is 0 Å². The average Bonchev–Trinajstić information content (AvgIpc) is 2.34. The predicted octanol–water partition coefficient (Wildman–Crippen LogP) is 1.55. The van der Waals surface area contributed by atoms with Crippen LogP contribution in [-0.2, 0) is 16.1 Å². The molecule has 18 heavy (non-hydrogen) atoms. The minimum absolute atomic E-state index is 0.150. The maximum Gasteiger partial charge on any atom is 0.305 e. The Kier molecular flexibility index (Phi) is 5.97. The van der Waals surface area contributed by atoms with Gasteiger partial charge in [-0.15, -0.1) is 0 Å². The molecule has 2 N–H and O–H groups in total. The lowest BCUT2D eigenvalue weighted by molar-refractivity contribution is -0.143. The van der Waals surface area contributed by atoms with Crippen molar-refractivity contribution in [2.45, 2.75) is 39.2 Å². The number of aryl methyl sites for hydroxylation is 1. The molecule has 0 fully saturated rings. The number of nitrogen functional groups attached to an aromatic ring is 1. The fourth-order valence-corrected chi connectivity index (χ4v) is 1.69. The summed E-state index contributed by atoms with van der Waals surface area (Å²) in [6.07, 6.45) is 4.70. The number of ether oxygens (including phenoxy) is 1. The minimum Gasteiger partial charge on any atom is -0.466 e. The van der Waals surface area contributed by atoms with Crippen LogP contribution in [0.25, 0.3) is 0 Å². The topological polar surface area (TPSA) is 74.3 Å². The second-order valence-corrected chi connectivity index (χ2v) is 4.08. The molecule has 0 aliphatic carbocycles. The molecule has 0 unspecified atom stereocenters. The lowest BCUT2D eigenvalue weighted by Crippen LogP contribution is -2.21. The van der Waals surface area contributed by atoms with E-state index in [0.717, 1.165) is 19.3 Å². The molecular formula is C13H20N2O3. The highest BCUT2D eigenvalue weighted by Gasteiger charge is 2.02. The number of rotatable bonds is 7. The summed E-state index contributed by atoms with van der Waals surface area (Å²) in [6.45, 7) is 2.86. The molecular weight excluding hydrogens is 232 g/mol. The lowest BCUT2D eigenvalue weighted by Gasteiger charge is -2.06.